The summed E-state index contributed by atoms with van der Waals surface area (Å²) in [5, 5.41) is 4.77. The van der Waals surface area contributed by atoms with Crippen LogP contribution < -0.4 is 10.6 Å². The minimum Gasteiger partial charge on any atom is -0.459 e. The highest BCUT2D eigenvalue weighted by Crippen LogP contribution is 2.13. The van der Waals surface area contributed by atoms with E-state index in [0.717, 1.165) is 11.1 Å². The minimum atomic E-state index is -0.593. The Kier molecular flexibility index (Phi) is 3.66. The summed E-state index contributed by atoms with van der Waals surface area (Å²) in [7, 11) is 0. The van der Waals surface area contributed by atoms with Crippen LogP contribution >= 0.6 is 0 Å². The molecule has 0 saturated heterocycles. The Morgan fingerprint density at radius 3 is 2.53 bits per heavy atom. The third kappa shape index (κ3) is 3.22. The van der Waals surface area contributed by atoms with Crippen LogP contribution in [0.25, 0.3) is 0 Å². The van der Waals surface area contributed by atoms with E-state index in [1.54, 1.807) is 12.1 Å². The molecule has 2 N–H and O–H groups in total. The maximum absolute atomic E-state index is 11.6. The molecular formula is C14H14N2O3. The quantitative estimate of drug-likeness (QED) is 0.870. The lowest BCUT2D eigenvalue weighted by molar-refractivity contribution is 0.0940. The zero-order chi connectivity index (χ0) is 13.8. The van der Waals surface area contributed by atoms with Crippen molar-refractivity contribution in [1.29, 1.82) is 0 Å². The number of carbonyl (C=O) groups is 2. The maximum Gasteiger partial charge on any atom is 0.326 e. The first-order valence-corrected chi connectivity index (χ1v) is 5.79. The van der Waals surface area contributed by atoms with Crippen molar-refractivity contribution in [3.05, 3.63) is 53.5 Å². The molecule has 1 aromatic carbocycles. The molecule has 5 nitrogen and oxygen atoms in total. The fraction of sp³-hybridized carbons (Fsp3) is 0.143. The average Bonchev–Trinajstić information content (AvgIpc) is 2.87. The molecule has 2 aromatic rings. The first-order chi connectivity index (χ1) is 9.06. The molecule has 0 fully saturated rings. The van der Waals surface area contributed by atoms with Crippen molar-refractivity contribution in [1.82, 2.24) is 5.32 Å². The molecular weight excluding hydrogens is 244 g/mol. The summed E-state index contributed by atoms with van der Waals surface area (Å²) in [6.45, 7) is 3.94. The van der Waals surface area contributed by atoms with Crippen LogP contribution in [0.2, 0.25) is 0 Å². The number of hydrogen-bond donors (Lipinski definition) is 2. The normalized spacial score (nSPS) is 10.0. The Morgan fingerprint density at radius 1 is 1.11 bits per heavy atom. The minimum absolute atomic E-state index is 0.0928. The zero-order valence-electron chi connectivity index (χ0n) is 10.7. The van der Waals surface area contributed by atoms with Crippen LogP contribution in [0.15, 0.2) is 41.0 Å². The Hall–Kier alpha value is -2.56. The molecule has 0 bridgehead atoms. The summed E-state index contributed by atoms with van der Waals surface area (Å²) in [6, 6.07) is 7.99. The number of imide groups is 1. The summed E-state index contributed by atoms with van der Waals surface area (Å²) < 4.78 is 4.89. The predicted molar refractivity (Wildman–Crippen MR) is 71.1 cm³/mol. The molecule has 5 heteroatoms. The predicted octanol–water partition coefficient (Wildman–Crippen LogP) is 2.86. The molecule has 0 radical (unpaired) electrons. The van der Waals surface area contributed by atoms with Gasteiger partial charge in [-0.3, -0.25) is 10.1 Å². The standard InChI is InChI=1S/C14H14N2O3/c1-9-5-6-11(8-10(9)2)15-14(18)16-13(17)12-4-3-7-19-12/h3-8H,1-2H3,(H2,15,16,17,18). The van der Waals surface area contributed by atoms with Gasteiger partial charge >= 0.3 is 6.03 Å². The van der Waals surface area contributed by atoms with Crippen molar-refractivity contribution in [2.24, 2.45) is 0 Å². The van der Waals surface area contributed by atoms with Crippen molar-refractivity contribution in [3.63, 3.8) is 0 Å². The highest BCUT2D eigenvalue weighted by atomic mass is 16.3. The van der Waals surface area contributed by atoms with Gasteiger partial charge in [-0.25, -0.2) is 4.79 Å². The third-order valence-electron chi connectivity index (χ3n) is 2.74. The molecule has 0 atom stereocenters. The van der Waals surface area contributed by atoms with Gasteiger partial charge in [0.15, 0.2) is 5.76 Å². The fourth-order valence-electron chi connectivity index (χ4n) is 1.55. The second kappa shape index (κ2) is 5.39. The Morgan fingerprint density at radius 2 is 1.89 bits per heavy atom. The van der Waals surface area contributed by atoms with E-state index >= 15 is 0 Å². The van der Waals surface area contributed by atoms with E-state index in [0.29, 0.717) is 5.69 Å². The summed E-state index contributed by atoms with van der Waals surface area (Å²) in [6.07, 6.45) is 1.37. The van der Waals surface area contributed by atoms with Gasteiger partial charge in [0.05, 0.1) is 6.26 Å². The van der Waals surface area contributed by atoms with E-state index in [4.69, 9.17) is 4.42 Å². The molecule has 0 spiro atoms. The molecule has 0 aliphatic carbocycles. The highest BCUT2D eigenvalue weighted by molar-refractivity contribution is 6.06. The van der Waals surface area contributed by atoms with Crippen LogP contribution in [0.4, 0.5) is 10.5 Å². The molecule has 0 unspecified atom stereocenters. The molecule has 0 saturated carbocycles. The number of anilines is 1. The lowest BCUT2D eigenvalue weighted by atomic mass is 10.1. The van der Waals surface area contributed by atoms with Gasteiger partial charge in [-0.05, 0) is 49.2 Å². The van der Waals surface area contributed by atoms with Crippen molar-refractivity contribution in [3.8, 4) is 0 Å². The van der Waals surface area contributed by atoms with Crippen molar-refractivity contribution < 1.29 is 14.0 Å². The molecule has 3 amide bonds. The summed E-state index contributed by atoms with van der Waals surface area (Å²) in [5.74, 6) is -0.485. The fourth-order valence-corrected chi connectivity index (χ4v) is 1.55. The van der Waals surface area contributed by atoms with E-state index < -0.39 is 11.9 Å². The van der Waals surface area contributed by atoms with Gasteiger partial charge in [0, 0.05) is 5.69 Å². The van der Waals surface area contributed by atoms with Gasteiger partial charge in [-0.2, -0.15) is 0 Å². The van der Waals surface area contributed by atoms with Gasteiger partial charge in [0.1, 0.15) is 0 Å². The second-order valence-electron chi connectivity index (χ2n) is 4.18. The van der Waals surface area contributed by atoms with Crippen LogP contribution in [-0.4, -0.2) is 11.9 Å². The van der Waals surface area contributed by atoms with Crippen molar-refractivity contribution >= 4 is 17.6 Å². The monoisotopic (exact) mass is 258 g/mol. The second-order valence-corrected chi connectivity index (χ2v) is 4.18. The number of hydrogen-bond acceptors (Lipinski definition) is 3. The molecule has 0 aliphatic rings. The number of urea groups is 1. The number of benzene rings is 1. The molecule has 98 valence electrons. The number of rotatable bonds is 2. The van der Waals surface area contributed by atoms with Crippen molar-refractivity contribution in [2.75, 3.05) is 5.32 Å². The van der Waals surface area contributed by atoms with Crippen LogP contribution in [0, 0.1) is 13.8 Å². The molecule has 0 aliphatic heterocycles. The SMILES string of the molecule is Cc1ccc(NC(=O)NC(=O)c2ccco2)cc1C. The number of aryl methyl sites for hydroxylation is 2. The van der Waals surface area contributed by atoms with Gasteiger partial charge in [-0.1, -0.05) is 6.07 Å². The van der Waals surface area contributed by atoms with E-state index in [1.807, 2.05) is 26.0 Å². The Bertz CT molecular complexity index is 603. The topological polar surface area (TPSA) is 71.3 Å². The summed E-state index contributed by atoms with van der Waals surface area (Å²) >= 11 is 0. The van der Waals surface area contributed by atoms with Crippen LogP contribution in [0.1, 0.15) is 21.7 Å². The van der Waals surface area contributed by atoms with Gasteiger partial charge in [-0.15, -0.1) is 0 Å². The van der Waals surface area contributed by atoms with E-state index in [1.165, 1.54) is 12.3 Å². The smallest absolute Gasteiger partial charge is 0.326 e. The largest absolute Gasteiger partial charge is 0.459 e. The van der Waals surface area contributed by atoms with Gasteiger partial charge in [0.2, 0.25) is 0 Å². The van der Waals surface area contributed by atoms with Gasteiger partial charge < -0.3 is 9.73 Å². The lowest BCUT2D eigenvalue weighted by Gasteiger charge is -2.07. The van der Waals surface area contributed by atoms with Crippen LogP contribution in [0.3, 0.4) is 0 Å². The molecule has 1 heterocycles. The van der Waals surface area contributed by atoms with Crippen molar-refractivity contribution in [2.45, 2.75) is 13.8 Å². The third-order valence-corrected chi connectivity index (χ3v) is 2.74. The maximum atomic E-state index is 11.6. The lowest BCUT2D eigenvalue weighted by Crippen LogP contribution is -2.34. The number of nitrogens with one attached hydrogen (secondary N) is 2. The van der Waals surface area contributed by atoms with Crippen LogP contribution in [-0.2, 0) is 0 Å². The van der Waals surface area contributed by atoms with E-state index in [-0.39, 0.29) is 5.76 Å². The molecule has 19 heavy (non-hydrogen) atoms. The van der Waals surface area contributed by atoms with E-state index in [2.05, 4.69) is 10.6 Å². The Labute approximate surface area is 110 Å². The van der Waals surface area contributed by atoms with E-state index in [9.17, 15) is 9.59 Å². The summed E-state index contributed by atoms with van der Waals surface area (Å²) in [4.78, 5) is 23.2. The summed E-state index contributed by atoms with van der Waals surface area (Å²) in [5.41, 5.74) is 2.83. The highest BCUT2D eigenvalue weighted by Gasteiger charge is 2.12. The first-order valence-electron chi connectivity index (χ1n) is 5.79. The molecule has 2 rings (SSSR count). The number of furan rings is 1. The van der Waals surface area contributed by atoms with Gasteiger partial charge in [0.25, 0.3) is 5.91 Å². The first kappa shape index (κ1) is 12.9. The molecule has 1 aromatic heterocycles. The number of carbonyl (C=O) groups excluding carboxylic acids is 2. The Balaban J connectivity index is 1.98. The van der Waals surface area contributed by atoms with Crippen LogP contribution in [0.5, 0.6) is 0 Å². The zero-order valence-corrected chi connectivity index (χ0v) is 10.7. The number of amides is 3. The average molecular weight is 258 g/mol.